The summed E-state index contributed by atoms with van der Waals surface area (Å²) in [5.41, 5.74) is 14.3. The van der Waals surface area contributed by atoms with Crippen LogP contribution in [0.4, 0.5) is 34.1 Å². The van der Waals surface area contributed by atoms with Crippen molar-refractivity contribution in [3.63, 3.8) is 0 Å². The molecule has 0 aliphatic rings. The van der Waals surface area contributed by atoms with Crippen molar-refractivity contribution in [2.24, 2.45) is 0 Å². The molecule has 83 heavy (non-hydrogen) atoms. The van der Waals surface area contributed by atoms with E-state index in [1.54, 1.807) is 0 Å². The number of nitrogens with zero attached hydrogens (tertiary/aromatic N) is 2. The standard InChI is InChI=1S/C78H48N2O2.CH4/c1-3-19-49(20-4-1)50-35-39-55(40-36-50)80(70-47-53-23-9-12-28-58(53)77-75-57-27-11-8-22-52(57)38-46-72(75)82-78(70)77)68-44-42-62(60-30-14-16-32-64(60)68)61-41-43-67(63-31-15-13-29-59(61)63)79(54-24-5-2-6-25-54)69-48-73-76(66-34-18-17-33-65(66)69)74-56-26-10-7-21-51(56)37-45-71(74)81-73;/h1-48H;1H4. The molecule has 2 heterocycles. The van der Waals surface area contributed by atoms with Crippen molar-refractivity contribution in [1.29, 1.82) is 0 Å². The van der Waals surface area contributed by atoms with E-state index in [1.807, 2.05) is 0 Å². The van der Waals surface area contributed by atoms with Crippen LogP contribution >= 0.6 is 0 Å². The SMILES string of the molecule is C.c1ccc(-c2ccc(N(c3ccc(-c4ccc(N(c5ccccc5)c5cc6oc7ccc8ccccc8c7c6c6ccccc56)c5ccccc45)c4ccccc34)c3cc4ccccc4c4c3oc3ccc5ccccc5c34)cc2)cc1. The zero-order valence-corrected chi connectivity index (χ0v) is 44.4. The minimum atomic E-state index is 0. The summed E-state index contributed by atoms with van der Waals surface area (Å²) in [6, 6.07) is 105. The van der Waals surface area contributed by atoms with Gasteiger partial charge in [-0.3, -0.25) is 0 Å². The number of hydrogen-bond donors (Lipinski definition) is 0. The molecule has 0 unspecified atom stereocenters. The van der Waals surface area contributed by atoms with Gasteiger partial charge in [-0.1, -0.05) is 238 Å². The topological polar surface area (TPSA) is 32.8 Å². The number of para-hydroxylation sites is 1. The molecule has 0 radical (unpaired) electrons. The van der Waals surface area contributed by atoms with E-state index in [1.165, 1.54) is 27.1 Å². The second kappa shape index (κ2) is 19.1. The van der Waals surface area contributed by atoms with Gasteiger partial charge in [0.15, 0.2) is 5.58 Å². The maximum Gasteiger partial charge on any atom is 0.160 e. The summed E-state index contributed by atoms with van der Waals surface area (Å²) in [7, 11) is 0. The van der Waals surface area contributed by atoms with Crippen LogP contribution < -0.4 is 9.80 Å². The largest absolute Gasteiger partial charge is 0.456 e. The van der Waals surface area contributed by atoms with Gasteiger partial charge in [-0.2, -0.15) is 0 Å². The van der Waals surface area contributed by atoms with Crippen LogP contribution in [0.25, 0.3) is 131 Å². The molecular weight excluding hydrogens is 1010 g/mol. The number of anilines is 6. The van der Waals surface area contributed by atoms with Gasteiger partial charge in [0, 0.05) is 55.1 Å². The quantitative estimate of drug-likeness (QED) is 0.152. The summed E-state index contributed by atoms with van der Waals surface area (Å²) < 4.78 is 14.1. The van der Waals surface area contributed by atoms with Gasteiger partial charge in [0.05, 0.1) is 22.7 Å². The average Bonchev–Trinajstić information content (AvgIpc) is 2.02. The van der Waals surface area contributed by atoms with E-state index in [-0.39, 0.29) is 7.43 Å². The Morgan fingerprint density at radius 3 is 1.23 bits per heavy atom. The molecule has 390 valence electrons. The zero-order valence-electron chi connectivity index (χ0n) is 44.4. The van der Waals surface area contributed by atoms with Crippen LogP contribution in [0.1, 0.15) is 7.43 Å². The Morgan fingerprint density at radius 2 is 0.639 bits per heavy atom. The highest BCUT2D eigenvalue weighted by atomic mass is 16.3. The summed E-state index contributed by atoms with van der Waals surface area (Å²) in [5.74, 6) is 0. The van der Waals surface area contributed by atoms with Gasteiger partial charge >= 0.3 is 0 Å². The van der Waals surface area contributed by atoms with Crippen molar-refractivity contribution in [3.8, 4) is 22.3 Å². The van der Waals surface area contributed by atoms with E-state index < -0.39 is 0 Å². The van der Waals surface area contributed by atoms with Crippen LogP contribution in [0.2, 0.25) is 0 Å². The highest BCUT2D eigenvalue weighted by molar-refractivity contribution is 6.31. The van der Waals surface area contributed by atoms with Crippen molar-refractivity contribution in [1.82, 2.24) is 0 Å². The van der Waals surface area contributed by atoms with Crippen molar-refractivity contribution in [2.45, 2.75) is 7.43 Å². The summed E-state index contributed by atoms with van der Waals surface area (Å²) in [6.45, 7) is 0. The third kappa shape index (κ3) is 7.47. The highest BCUT2D eigenvalue weighted by Gasteiger charge is 2.27. The van der Waals surface area contributed by atoms with Crippen LogP contribution in [0.5, 0.6) is 0 Å². The van der Waals surface area contributed by atoms with Gasteiger partial charge in [-0.05, 0) is 125 Å². The molecule has 0 spiro atoms. The summed E-state index contributed by atoms with van der Waals surface area (Å²) in [5, 5.41) is 18.4. The fourth-order valence-corrected chi connectivity index (χ4v) is 13.4. The first-order chi connectivity index (χ1) is 40.7. The van der Waals surface area contributed by atoms with Crippen LogP contribution in [-0.4, -0.2) is 0 Å². The van der Waals surface area contributed by atoms with E-state index in [0.29, 0.717) is 0 Å². The summed E-state index contributed by atoms with van der Waals surface area (Å²) in [4.78, 5) is 4.84. The van der Waals surface area contributed by atoms with Crippen LogP contribution in [0, 0.1) is 0 Å². The summed E-state index contributed by atoms with van der Waals surface area (Å²) >= 11 is 0. The normalized spacial score (nSPS) is 11.8. The van der Waals surface area contributed by atoms with Gasteiger partial charge in [0.2, 0.25) is 0 Å². The van der Waals surface area contributed by atoms with E-state index >= 15 is 0 Å². The molecule has 0 saturated heterocycles. The van der Waals surface area contributed by atoms with Gasteiger partial charge in [0.1, 0.15) is 16.7 Å². The maximum absolute atomic E-state index is 7.19. The third-order valence-electron chi connectivity index (χ3n) is 17.0. The first-order valence-corrected chi connectivity index (χ1v) is 28.1. The molecule has 4 heteroatoms. The molecule has 4 nitrogen and oxygen atoms in total. The minimum absolute atomic E-state index is 0. The Balaban J connectivity index is 0.00000565. The highest BCUT2D eigenvalue weighted by Crippen LogP contribution is 2.52. The first kappa shape index (κ1) is 48.0. The number of fused-ring (bicyclic) bond motifs is 16. The molecule has 2 aromatic heterocycles. The maximum atomic E-state index is 7.19. The molecule has 0 amide bonds. The molecule has 0 atom stereocenters. The van der Waals surface area contributed by atoms with Crippen LogP contribution in [0.3, 0.4) is 0 Å². The Bertz CT molecular complexity index is 5410. The van der Waals surface area contributed by atoms with Crippen LogP contribution in [0.15, 0.2) is 300 Å². The van der Waals surface area contributed by atoms with Gasteiger partial charge < -0.3 is 18.6 Å². The van der Waals surface area contributed by atoms with Crippen molar-refractivity contribution in [2.75, 3.05) is 9.80 Å². The number of rotatable bonds is 8. The number of hydrogen-bond acceptors (Lipinski definition) is 4. The Kier molecular flexibility index (Phi) is 11.1. The molecular formula is C79H52N2O2. The lowest BCUT2D eigenvalue weighted by atomic mass is 9.91. The lowest BCUT2D eigenvalue weighted by Crippen LogP contribution is -2.11. The monoisotopic (exact) mass is 1060 g/mol. The predicted octanol–water partition coefficient (Wildman–Crippen LogP) is 23.3. The van der Waals surface area contributed by atoms with Gasteiger partial charge in [0.25, 0.3) is 0 Å². The minimum Gasteiger partial charge on any atom is -0.456 e. The Labute approximate surface area is 479 Å². The average molecular weight is 1060 g/mol. The van der Waals surface area contributed by atoms with E-state index in [2.05, 4.69) is 301 Å². The summed E-state index contributed by atoms with van der Waals surface area (Å²) in [6.07, 6.45) is 0. The predicted molar refractivity (Wildman–Crippen MR) is 353 cm³/mol. The second-order valence-corrected chi connectivity index (χ2v) is 21.4. The fourth-order valence-electron chi connectivity index (χ4n) is 13.4. The Morgan fingerprint density at radius 1 is 0.229 bits per heavy atom. The molecule has 0 saturated carbocycles. The number of furan rings is 2. The van der Waals surface area contributed by atoms with Crippen LogP contribution in [-0.2, 0) is 0 Å². The van der Waals surface area contributed by atoms with Gasteiger partial charge in [-0.25, -0.2) is 0 Å². The second-order valence-electron chi connectivity index (χ2n) is 21.4. The smallest absolute Gasteiger partial charge is 0.160 e. The van der Waals surface area contributed by atoms with E-state index in [9.17, 15) is 0 Å². The van der Waals surface area contributed by atoms with Gasteiger partial charge in [-0.15, -0.1) is 0 Å². The molecule has 0 aliphatic heterocycles. The first-order valence-electron chi connectivity index (χ1n) is 28.1. The zero-order chi connectivity index (χ0) is 53.8. The lowest BCUT2D eigenvalue weighted by Gasteiger charge is -2.29. The molecule has 17 rings (SSSR count). The lowest BCUT2D eigenvalue weighted by molar-refractivity contribution is 0.669. The molecule has 0 aliphatic carbocycles. The molecule has 0 N–H and O–H groups in total. The van der Waals surface area contributed by atoms with Crippen molar-refractivity contribution >= 4 is 143 Å². The van der Waals surface area contributed by atoms with E-state index in [0.717, 1.165) is 138 Å². The van der Waals surface area contributed by atoms with Crippen molar-refractivity contribution < 1.29 is 8.83 Å². The molecule has 0 fully saturated rings. The molecule has 0 bridgehead atoms. The fraction of sp³-hybridized carbons (Fsp3) is 0.0127. The third-order valence-corrected chi connectivity index (χ3v) is 17.0. The van der Waals surface area contributed by atoms with E-state index in [4.69, 9.17) is 8.83 Å². The molecule has 17 aromatic rings. The number of benzene rings is 15. The molecule has 15 aromatic carbocycles. The Hall–Kier alpha value is -10.9. The van der Waals surface area contributed by atoms with Crippen molar-refractivity contribution in [3.05, 3.63) is 291 Å².